The molecule has 25 heavy (non-hydrogen) atoms. The van der Waals surface area contributed by atoms with Crippen molar-refractivity contribution >= 4 is 13.0 Å². The Balaban J connectivity index is 1.79. The monoisotopic (exact) mass is 371 g/mol. The zero-order chi connectivity index (χ0) is 18.4. The van der Waals surface area contributed by atoms with Crippen molar-refractivity contribution in [1.82, 2.24) is 24.5 Å². The van der Waals surface area contributed by atoms with Crippen LogP contribution in [-0.4, -0.2) is 45.5 Å². The van der Waals surface area contributed by atoms with E-state index in [1.807, 2.05) is 0 Å². The zero-order valence-electron chi connectivity index (χ0n) is 12.8. The summed E-state index contributed by atoms with van der Waals surface area (Å²) < 4.78 is 18.9. The highest BCUT2D eigenvalue weighted by Crippen LogP contribution is 2.31. The fourth-order valence-corrected chi connectivity index (χ4v) is 2.71. The van der Waals surface area contributed by atoms with E-state index in [9.17, 15) is 19.3 Å². The summed E-state index contributed by atoms with van der Waals surface area (Å²) in [6, 6.07) is 0. The smallest absolute Gasteiger partial charge is 0.377 e. The number of hydrogen-bond acceptors (Lipinski definition) is 7. The maximum Gasteiger partial charge on any atom is 0.377 e. The van der Waals surface area contributed by atoms with Crippen LogP contribution in [0.4, 0.5) is 0 Å². The van der Waals surface area contributed by atoms with Crippen molar-refractivity contribution in [3.8, 4) is 0 Å². The molecular weight excluding hydrogens is 357 g/mol. The van der Waals surface area contributed by atoms with Crippen LogP contribution < -0.4 is 16.7 Å². The van der Waals surface area contributed by atoms with Gasteiger partial charge in [0.1, 0.15) is 11.9 Å². The minimum atomic E-state index is -4.53. The summed E-state index contributed by atoms with van der Waals surface area (Å²) in [5.41, 5.74) is -1.42. The average Bonchev–Trinajstić information content (AvgIpc) is 3.11. The average molecular weight is 371 g/mol. The Hall–Kier alpha value is -2.53. The summed E-state index contributed by atoms with van der Waals surface area (Å²) in [6.07, 6.45) is 1.78. The number of ether oxygens (including phenoxy) is 1. The second kappa shape index (κ2) is 6.08. The number of nitrogens with zero attached hydrogens (tertiary/aromatic N) is 4. The molecule has 3 rings (SSSR count). The first-order valence-electron chi connectivity index (χ1n) is 6.99. The molecule has 0 spiro atoms. The first kappa shape index (κ1) is 17.3. The highest BCUT2D eigenvalue weighted by atomic mass is 31.2. The molecule has 0 saturated heterocycles. The third kappa shape index (κ3) is 3.46. The van der Waals surface area contributed by atoms with Crippen LogP contribution in [-0.2, 0) is 15.8 Å². The first-order valence-corrected chi connectivity index (χ1v) is 8.61. The summed E-state index contributed by atoms with van der Waals surface area (Å²) in [6.45, 7) is 1.44. The highest BCUT2D eigenvalue weighted by molar-refractivity contribution is 7.59. The minimum absolute atomic E-state index is 0.0804. The number of aromatic amines is 1. The molecule has 0 unspecified atom stereocenters. The second-order valence-electron chi connectivity index (χ2n) is 5.43. The lowest BCUT2D eigenvalue weighted by molar-refractivity contribution is -0.00883. The molecule has 0 radical (unpaired) electrons. The number of nitrogens with one attached hydrogen (secondary N) is 1. The number of aryl methyl sites for hydroxylation is 1. The largest absolute Gasteiger partial charge is 0.510 e. The Bertz CT molecular complexity index is 1000. The second-order valence-corrected chi connectivity index (χ2v) is 6.97. The molecule has 0 saturated carbocycles. The van der Waals surface area contributed by atoms with Gasteiger partial charge in [0.15, 0.2) is 11.7 Å². The van der Waals surface area contributed by atoms with Crippen molar-refractivity contribution < 1.29 is 24.2 Å². The van der Waals surface area contributed by atoms with Gasteiger partial charge in [-0.1, -0.05) is 5.21 Å². The molecule has 2 aromatic heterocycles. The summed E-state index contributed by atoms with van der Waals surface area (Å²) in [4.78, 5) is 43.4. The maximum absolute atomic E-state index is 11.9. The first-order chi connectivity index (χ1) is 11.6. The number of aromatic nitrogens is 5. The molecule has 134 valence electrons. The van der Waals surface area contributed by atoms with Gasteiger partial charge in [-0.3, -0.25) is 18.9 Å². The fraction of sp³-hybridized carbons (Fsp3) is 0.333. The van der Waals surface area contributed by atoms with E-state index < -0.39 is 36.6 Å². The van der Waals surface area contributed by atoms with Crippen molar-refractivity contribution in [3.05, 3.63) is 50.6 Å². The van der Waals surface area contributed by atoms with Crippen molar-refractivity contribution in [2.45, 2.75) is 25.8 Å². The van der Waals surface area contributed by atoms with Crippen LogP contribution in [0.1, 0.15) is 11.8 Å². The summed E-state index contributed by atoms with van der Waals surface area (Å²) >= 11 is 0. The topological polar surface area (TPSA) is 173 Å². The molecule has 3 heterocycles. The van der Waals surface area contributed by atoms with Gasteiger partial charge >= 0.3 is 13.3 Å². The molecule has 12 nitrogen and oxygen atoms in total. The van der Waals surface area contributed by atoms with Crippen molar-refractivity contribution in [3.63, 3.8) is 0 Å². The Labute approximate surface area is 139 Å². The van der Waals surface area contributed by atoms with E-state index in [1.54, 1.807) is 0 Å². The molecule has 2 atom stereocenters. The lowest BCUT2D eigenvalue weighted by Gasteiger charge is -2.16. The van der Waals surface area contributed by atoms with Crippen LogP contribution >= 0.6 is 7.60 Å². The van der Waals surface area contributed by atoms with Crippen LogP contribution in [0.3, 0.4) is 0 Å². The number of aliphatic hydroxyl groups is 1. The Morgan fingerprint density at radius 3 is 2.72 bits per heavy atom. The van der Waals surface area contributed by atoms with Gasteiger partial charge in [-0.25, -0.2) is 9.48 Å². The van der Waals surface area contributed by atoms with Gasteiger partial charge in [0.2, 0.25) is 0 Å². The van der Waals surface area contributed by atoms with Gasteiger partial charge in [0, 0.05) is 17.8 Å². The van der Waals surface area contributed by atoms with Crippen molar-refractivity contribution in [1.29, 1.82) is 0 Å². The van der Waals surface area contributed by atoms with E-state index >= 15 is 0 Å². The molecule has 2 aromatic rings. The predicted octanol–water partition coefficient (Wildman–Crippen LogP) is -1.72. The van der Waals surface area contributed by atoms with Gasteiger partial charge in [0.25, 0.3) is 5.56 Å². The molecule has 0 aliphatic carbocycles. The van der Waals surface area contributed by atoms with Crippen molar-refractivity contribution in [2.24, 2.45) is 0 Å². The fourth-order valence-electron chi connectivity index (χ4n) is 2.27. The standard InChI is InChI=1S/C12H14N5O7P/c1-6-3-17(12(20)13-11(6)19)10-2-7(18)8(24-10)4-16-5-9(14-15-16)25(21,22)23/h2-3,5,8,10,18H,4H2,1H3,(H,13,19,20)(H2,21,22,23)/t8-,10-/m1/s1. The Morgan fingerprint density at radius 1 is 1.36 bits per heavy atom. The van der Waals surface area contributed by atoms with E-state index in [2.05, 4.69) is 15.3 Å². The molecule has 1 aliphatic rings. The minimum Gasteiger partial charge on any atom is -0.510 e. The van der Waals surface area contributed by atoms with Crippen LogP contribution in [0.5, 0.6) is 0 Å². The Kier molecular flexibility index (Phi) is 4.21. The van der Waals surface area contributed by atoms with Crippen LogP contribution in [0.15, 0.2) is 33.8 Å². The SMILES string of the molecule is Cc1cn([C@H]2C=C(O)[C@@H](Cn3cc(P(=O)(O)O)nn3)O2)c(=O)[nH]c1=O. The van der Waals surface area contributed by atoms with Crippen LogP contribution in [0.25, 0.3) is 0 Å². The number of hydrogen-bond donors (Lipinski definition) is 4. The normalized spacial score (nSPS) is 20.7. The number of aliphatic hydroxyl groups excluding tert-OH is 1. The molecule has 4 N–H and O–H groups in total. The lowest BCUT2D eigenvalue weighted by atomic mass is 10.3. The third-order valence-electron chi connectivity index (χ3n) is 3.54. The van der Waals surface area contributed by atoms with Gasteiger partial charge in [-0.2, -0.15) is 0 Å². The van der Waals surface area contributed by atoms with E-state index in [-0.39, 0.29) is 12.3 Å². The van der Waals surface area contributed by atoms with Crippen LogP contribution in [0, 0.1) is 6.92 Å². The van der Waals surface area contributed by atoms with Gasteiger partial charge < -0.3 is 19.6 Å². The predicted molar refractivity (Wildman–Crippen MR) is 82.4 cm³/mol. The van der Waals surface area contributed by atoms with Gasteiger partial charge in [-0.15, -0.1) is 5.10 Å². The van der Waals surface area contributed by atoms with Crippen molar-refractivity contribution in [2.75, 3.05) is 0 Å². The Morgan fingerprint density at radius 2 is 2.08 bits per heavy atom. The summed E-state index contributed by atoms with van der Waals surface area (Å²) in [5.74, 6) is -0.186. The summed E-state index contributed by atoms with van der Waals surface area (Å²) in [7, 11) is -4.53. The van der Waals surface area contributed by atoms with E-state index in [4.69, 9.17) is 14.5 Å². The summed E-state index contributed by atoms with van der Waals surface area (Å²) in [5, 5.41) is 16.9. The van der Waals surface area contributed by atoms with E-state index in [0.29, 0.717) is 5.56 Å². The maximum atomic E-state index is 11.9. The van der Waals surface area contributed by atoms with E-state index in [1.165, 1.54) is 19.2 Å². The molecular formula is C12H14N5O7P. The molecule has 13 heteroatoms. The zero-order valence-corrected chi connectivity index (χ0v) is 13.7. The van der Waals surface area contributed by atoms with E-state index in [0.717, 1.165) is 15.4 Å². The highest BCUT2D eigenvalue weighted by Gasteiger charge is 2.30. The number of rotatable bonds is 4. The van der Waals surface area contributed by atoms with Gasteiger partial charge in [-0.05, 0) is 6.92 Å². The molecule has 0 bridgehead atoms. The molecule has 0 fully saturated rings. The molecule has 0 aromatic carbocycles. The molecule has 0 amide bonds. The van der Waals surface area contributed by atoms with Crippen LogP contribution in [0.2, 0.25) is 0 Å². The lowest BCUT2D eigenvalue weighted by Crippen LogP contribution is -2.33. The molecule has 1 aliphatic heterocycles. The number of H-pyrrole nitrogens is 1. The quantitative estimate of drug-likeness (QED) is 0.456. The third-order valence-corrected chi connectivity index (χ3v) is 4.35. The van der Waals surface area contributed by atoms with Gasteiger partial charge in [0.05, 0.1) is 12.7 Å².